The standard InChI is InChI=1S/C12H22N2O3/c1-8(2-5-11(15)16)7-14-12(17)9-3-4-10(13)6-9/h8-10H,2-7,13H2,1H3,(H,14,17)(H,15,16). The monoisotopic (exact) mass is 242 g/mol. The fraction of sp³-hybridized carbons (Fsp3) is 0.833. The zero-order valence-electron chi connectivity index (χ0n) is 10.3. The predicted molar refractivity (Wildman–Crippen MR) is 64.4 cm³/mol. The Morgan fingerprint density at radius 1 is 1.47 bits per heavy atom. The van der Waals surface area contributed by atoms with E-state index in [4.69, 9.17) is 10.8 Å². The van der Waals surface area contributed by atoms with Crippen LogP contribution >= 0.6 is 0 Å². The maximum atomic E-state index is 11.8. The number of amides is 1. The Kier molecular flexibility index (Phi) is 5.41. The number of carbonyl (C=O) groups excluding carboxylic acids is 1. The molecule has 0 heterocycles. The van der Waals surface area contributed by atoms with Gasteiger partial charge in [-0.15, -0.1) is 0 Å². The van der Waals surface area contributed by atoms with Crippen LogP contribution in [-0.4, -0.2) is 29.6 Å². The minimum absolute atomic E-state index is 0.0525. The van der Waals surface area contributed by atoms with Crippen LogP contribution in [0.25, 0.3) is 0 Å². The van der Waals surface area contributed by atoms with Crippen LogP contribution in [0, 0.1) is 11.8 Å². The van der Waals surface area contributed by atoms with Crippen LogP contribution in [0.2, 0.25) is 0 Å². The van der Waals surface area contributed by atoms with Crippen LogP contribution in [0.1, 0.15) is 39.0 Å². The molecule has 1 aliphatic rings. The highest BCUT2D eigenvalue weighted by Crippen LogP contribution is 2.24. The van der Waals surface area contributed by atoms with Gasteiger partial charge in [0.2, 0.25) is 5.91 Å². The molecule has 0 saturated heterocycles. The number of hydrogen-bond acceptors (Lipinski definition) is 3. The van der Waals surface area contributed by atoms with E-state index in [2.05, 4.69) is 5.32 Å². The molecule has 0 spiro atoms. The van der Waals surface area contributed by atoms with Crippen molar-refractivity contribution < 1.29 is 14.7 Å². The summed E-state index contributed by atoms with van der Waals surface area (Å²) in [6.07, 6.45) is 3.32. The lowest BCUT2D eigenvalue weighted by atomic mass is 10.0. The lowest BCUT2D eigenvalue weighted by molar-refractivity contribution is -0.137. The van der Waals surface area contributed by atoms with Crippen molar-refractivity contribution in [2.45, 2.75) is 45.1 Å². The van der Waals surface area contributed by atoms with Gasteiger partial charge in [0.05, 0.1) is 0 Å². The summed E-state index contributed by atoms with van der Waals surface area (Å²) in [5.74, 6) is -0.466. The van der Waals surface area contributed by atoms with Crippen molar-refractivity contribution in [2.75, 3.05) is 6.54 Å². The Hall–Kier alpha value is -1.10. The van der Waals surface area contributed by atoms with Crippen molar-refractivity contribution in [3.05, 3.63) is 0 Å². The first-order valence-electron chi connectivity index (χ1n) is 6.24. The summed E-state index contributed by atoms with van der Waals surface area (Å²) in [6.45, 7) is 2.50. The Labute approximate surface area is 102 Å². The number of carbonyl (C=O) groups is 2. The topological polar surface area (TPSA) is 92.4 Å². The van der Waals surface area contributed by atoms with Gasteiger partial charge >= 0.3 is 5.97 Å². The molecule has 0 aromatic carbocycles. The lowest BCUT2D eigenvalue weighted by Gasteiger charge is -2.14. The third-order valence-corrected chi connectivity index (χ3v) is 3.32. The van der Waals surface area contributed by atoms with Gasteiger partial charge < -0.3 is 16.2 Å². The smallest absolute Gasteiger partial charge is 0.303 e. The second-order valence-electron chi connectivity index (χ2n) is 5.05. The summed E-state index contributed by atoms with van der Waals surface area (Å²) < 4.78 is 0. The van der Waals surface area contributed by atoms with Crippen LogP contribution in [0.3, 0.4) is 0 Å². The highest BCUT2D eigenvalue weighted by molar-refractivity contribution is 5.79. The van der Waals surface area contributed by atoms with Crippen molar-refractivity contribution in [3.63, 3.8) is 0 Å². The van der Waals surface area contributed by atoms with Crippen LogP contribution in [0.4, 0.5) is 0 Å². The Balaban J connectivity index is 2.17. The minimum atomic E-state index is -0.787. The molecule has 4 N–H and O–H groups in total. The molecule has 5 heteroatoms. The second-order valence-corrected chi connectivity index (χ2v) is 5.05. The molecule has 17 heavy (non-hydrogen) atoms. The molecule has 0 aromatic heterocycles. The maximum Gasteiger partial charge on any atom is 0.303 e. The number of carboxylic acid groups (broad SMARTS) is 1. The SMILES string of the molecule is CC(CCC(=O)O)CNC(=O)C1CCC(N)C1. The van der Waals surface area contributed by atoms with Crippen molar-refractivity contribution in [3.8, 4) is 0 Å². The minimum Gasteiger partial charge on any atom is -0.481 e. The molecule has 1 saturated carbocycles. The van der Waals surface area contributed by atoms with Crippen LogP contribution in [-0.2, 0) is 9.59 Å². The highest BCUT2D eigenvalue weighted by atomic mass is 16.4. The molecule has 0 radical (unpaired) electrons. The van der Waals surface area contributed by atoms with E-state index in [0.29, 0.717) is 13.0 Å². The Bertz CT molecular complexity index is 281. The molecule has 1 fully saturated rings. The van der Waals surface area contributed by atoms with Crippen LogP contribution in [0.15, 0.2) is 0 Å². The third-order valence-electron chi connectivity index (χ3n) is 3.32. The second kappa shape index (κ2) is 6.59. The molecule has 1 aliphatic carbocycles. The van der Waals surface area contributed by atoms with E-state index in [-0.39, 0.29) is 30.2 Å². The number of carboxylic acids is 1. The molecule has 3 atom stereocenters. The molecule has 1 amide bonds. The summed E-state index contributed by atoms with van der Waals surface area (Å²) in [5, 5.41) is 11.4. The van der Waals surface area contributed by atoms with Crippen molar-refractivity contribution >= 4 is 11.9 Å². The average Bonchev–Trinajstić information content (AvgIpc) is 2.70. The summed E-state index contributed by atoms with van der Waals surface area (Å²) in [7, 11) is 0. The van der Waals surface area contributed by atoms with Gasteiger partial charge in [0.25, 0.3) is 0 Å². The van der Waals surface area contributed by atoms with Gasteiger partial charge in [0.1, 0.15) is 0 Å². The molecular formula is C12H22N2O3. The first-order valence-corrected chi connectivity index (χ1v) is 6.24. The largest absolute Gasteiger partial charge is 0.481 e. The van der Waals surface area contributed by atoms with Gasteiger partial charge in [-0.1, -0.05) is 6.92 Å². The van der Waals surface area contributed by atoms with Gasteiger partial charge in [-0.25, -0.2) is 0 Å². The van der Waals surface area contributed by atoms with Crippen LogP contribution < -0.4 is 11.1 Å². The zero-order chi connectivity index (χ0) is 12.8. The summed E-state index contributed by atoms with van der Waals surface area (Å²) in [6, 6.07) is 0.162. The summed E-state index contributed by atoms with van der Waals surface area (Å²) in [5.41, 5.74) is 5.75. The number of nitrogens with two attached hydrogens (primary N) is 1. The molecule has 1 rings (SSSR count). The quantitative estimate of drug-likeness (QED) is 0.640. The van der Waals surface area contributed by atoms with E-state index in [1.165, 1.54) is 0 Å². The van der Waals surface area contributed by atoms with E-state index in [1.54, 1.807) is 0 Å². The fourth-order valence-electron chi connectivity index (χ4n) is 2.15. The van der Waals surface area contributed by atoms with Gasteiger partial charge in [0, 0.05) is 24.9 Å². The number of nitrogens with one attached hydrogen (secondary N) is 1. The van der Waals surface area contributed by atoms with E-state index in [0.717, 1.165) is 19.3 Å². The first kappa shape index (κ1) is 14.0. The number of rotatable bonds is 6. The van der Waals surface area contributed by atoms with Crippen LogP contribution in [0.5, 0.6) is 0 Å². The molecule has 3 unspecified atom stereocenters. The normalized spacial score (nSPS) is 25.5. The van der Waals surface area contributed by atoms with Gasteiger partial charge in [-0.2, -0.15) is 0 Å². The van der Waals surface area contributed by atoms with E-state index >= 15 is 0 Å². The summed E-state index contributed by atoms with van der Waals surface area (Å²) in [4.78, 5) is 22.1. The van der Waals surface area contributed by atoms with Gasteiger partial charge in [0.15, 0.2) is 0 Å². The molecule has 0 aromatic rings. The third kappa shape index (κ3) is 5.17. The van der Waals surface area contributed by atoms with E-state index < -0.39 is 5.97 Å². The molecule has 0 aliphatic heterocycles. The zero-order valence-corrected chi connectivity index (χ0v) is 10.3. The first-order chi connectivity index (χ1) is 7.99. The lowest BCUT2D eigenvalue weighted by Crippen LogP contribution is -2.33. The molecule has 0 bridgehead atoms. The Morgan fingerprint density at radius 2 is 2.18 bits per heavy atom. The fourth-order valence-corrected chi connectivity index (χ4v) is 2.15. The predicted octanol–water partition coefficient (Wildman–Crippen LogP) is 0.731. The van der Waals surface area contributed by atoms with Gasteiger partial charge in [-0.05, 0) is 31.6 Å². The Morgan fingerprint density at radius 3 is 2.71 bits per heavy atom. The van der Waals surface area contributed by atoms with Gasteiger partial charge in [-0.3, -0.25) is 9.59 Å². The number of hydrogen-bond donors (Lipinski definition) is 3. The molecule has 98 valence electrons. The van der Waals surface area contributed by atoms with E-state index in [9.17, 15) is 9.59 Å². The van der Waals surface area contributed by atoms with Crippen molar-refractivity contribution in [2.24, 2.45) is 17.6 Å². The highest BCUT2D eigenvalue weighted by Gasteiger charge is 2.27. The van der Waals surface area contributed by atoms with E-state index in [1.807, 2.05) is 6.92 Å². The molecule has 5 nitrogen and oxygen atoms in total. The number of aliphatic carboxylic acids is 1. The molecular weight excluding hydrogens is 220 g/mol. The summed E-state index contributed by atoms with van der Waals surface area (Å²) >= 11 is 0. The maximum absolute atomic E-state index is 11.8. The van der Waals surface area contributed by atoms with Crippen molar-refractivity contribution in [1.29, 1.82) is 0 Å². The van der Waals surface area contributed by atoms with Crippen molar-refractivity contribution in [1.82, 2.24) is 5.32 Å². The average molecular weight is 242 g/mol.